The Morgan fingerprint density at radius 2 is 1.91 bits per heavy atom. The minimum atomic E-state index is -1.06. The molecule has 178 valence electrons. The van der Waals surface area contributed by atoms with E-state index in [1.54, 1.807) is 19.2 Å². The molecule has 4 rings (SSSR count). The van der Waals surface area contributed by atoms with Crippen molar-refractivity contribution in [1.29, 1.82) is 0 Å². The number of H-pyrrole nitrogens is 1. The number of urea groups is 1. The number of benzene rings is 1. The largest absolute Gasteiger partial charge is 0.476 e. The highest BCUT2D eigenvalue weighted by atomic mass is 32.1. The number of anilines is 2. The molecule has 4 N–H and O–H groups in total. The minimum Gasteiger partial charge on any atom is -0.476 e. The Balaban J connectivity index is 1.36. The van der Waals surface area contributed by atoms with Gasteiger partial charge in [0.2, 0.25) is 0 Å². The van der Waals surface area contributed by atoms with E-state index in [2.05, 4.69) is 25.6 Å². The summed E-state index contributed by atoms with van der Waals surface area (Å²) in [5, 5.41) is 15.1. The van der Waals surface area contributed by atoms with Crippen molar-refractivity contribution in [1.82, 2.24) is 15.0 Å². The number of amides is 2. The highest BCUT2D eigenvalue weighted by Gasteiger charge is 2.26. The van der Waals surface area contributed by atoms with Crippen molar-refractivity contribution in [3.8, 4) is 0 Å². The van der Waals surface area contributed by atoms with Gasteiger partial charge < -0.3 is 15.4 Å². The standard InChI is InChI=1S/C24H27N5O4S/c1-13-7-9-18(17(11-13)21(30)15-5-3-4-6-15)27-23(33)29-24-25-12-16(34-24)8-10-19-26-14(2)20(28-19)22(31)32/h7,9,11-12,15H,3-6,8,10H2,1-2H3,(H,26,28)(H,31,32)(H2,25,27,29,33). The molecule has 0 saturated heterocycles. The second kappa shape index (κ2) is 10.2. The lowest BCUT2D eigenvalue weighted by Gasteiger charge is -2.14. The van der Waals surface area contributed by atoms with Crippen molar-refractivity contribution in [2.45, 2.75) is 52.4 Å². The van der Waals surface area contributed by atoms with Crippen molar-refractivity contribution in [2.24, 2.45) is 5.92 Å². The average molecular weight is 482 g/mol. The fourth-order valence-electron chi connectivity index (χ4n) is 4.20. The zero-order valence-corrected chi connectivity index (χ0v) is 19.9. The third kappa shape index (κ3) is 5.51. The van der Waals surface area contributed by atoms with Crippen LogP contribution in [0.1, 0.15) is 68.5 Å². The molecule has 0 spiro atoms. The molecule has 1 aromatic carbocycles. The fraction of sp³-hybridized carbons (Fsp3) is 0.375. The Morgan fingerprint density at radius 3 is 2.62 bits per heavy atom. The third-order valence-corrected chi connectivity index (χ3v) is 6.91. The quantitative estimate of drug-likeness (QED) is 0.335. The number of aryl methyl sites for hydroxylation is 4. The number of aromatic carboxylic acids is 1. The lowest BCUT2D eigenvalue weighted by atomic mass is 9.94. The molecule has 9 nitrogen and oxygen atoms in total. The van der Waals surface area contributed by atoms with E-state index in [4.69, 9.17) is 5.11 Å². The molecule has 3 aromatic rings. The van der Waals surface area contributed by atoms with Crippen LogP contribution < -0.4 is 10.6 Å². The maximum atomic E-state index is 13.0. The maximum Gasteiger partial charge on any atom is 0.356 e. The van der Waals surface area contributed by atoms with Crippen molar-refractivity contribution in [3.05, 3.63) is 57.6 Å². The van der Waals surface area contributed by atoms with Gasteiger partial charge in [-0.2, -0.15) is 0 Å². The molecule has 0 atom stereocenters. The van der Waals surface area contributed by atoms with E-state index in [9.17, 15) is 14.4 Å². The summed E-state index contributed by atoms with van der Waals surface area (Å²) in [6.45, 7) is 3.60. The number of carbonyl (C=O) groups excluding carboxylic acids is 2. The van der Waals surface area contributed by atoms with Gasteiger partial charge in [0.05, 0.1) is 5.69 Å². The van der Waals surface area contributed by atoms with Gasteiger partial charge in [-0.1, -0.05) is 24.5 Å². The van der Waals surface area contributed by atoms with Gasteiger partial charge in [-0.05, 0) is 45.2 Å². The first-order valence-corrected chi connectivity index (χ1v) is 12.1. The normalized spacial score (nSPS) is 13.7. The summed E-state index contributed by atoms with van der Waals surface area (Å²) >= 11 is 1.33. The SMILES string of the molecule is Cc1ccc(NC(=O)Nc2ncc(CCc3nc(C(=O)O)c(C)[nH]3)s2)c(C(=O)C2CCCC2)c1. The first-order valence-electron chi connectivity index (χ1n) is 11.3. The van der Waals surface area contributed by atoms with Crippen LogP contribution in [0, 0.1) is 19.8 Å². The monoisotopic (exact) mass is 481 g/mol. The molecule has 34 heavy (non-hydrogen) atoms. The van der Waals surface area contributed by atoms with Crippen LogP contribution in [0.4, 0.5) is 15.6 Å². The molecule has 2 amide bonds. The number of carboxylic acids is 1. The van der Waals surface area contributed by atoms with Gasteiger partial charge in [-0.3, -0.25) is 10.1 Å². The van der Waals surface area contributed by atoms with Gasteiger partial charge in [0, 0.05) is 34.7 Å². The highest BCUT2D eigenvalue weighted by molar-refractivity contribution is 7.15. The number of rotatable bonds is 8. The number of ketones is 1. The average Bonchev–Trinajstić information content (AvgIpc) is 3.54. The number of Topliss-reactive ketones (excluding diaryl/α,β-unsaturated/α-hetero) is 1. The van der Waals surface area contributed by atoms with Gasteiger partial charge in [0.15, 0.2) is 16.6 Å². The molecule has 1 fully saturated rings. The Labute approximate surface area is 201 Å². The summed E-state index contributed by atoms with van der Waals surface area (Å²) in [6.07, 6.45) is 6.74. The summed E-state index contributed by atoms with van der Waals surface area (Å²) in [6, 6.07) is 5.01. The maximum absolute atomic E-state index is 13.0. The lowest BCUT2D eigenvalue weighted by Crippen LogP contribution is -2.22. The number of imidazole rings is 1. The molecule has 1 aliphatic rings. The fourth-order valence-corrected chi connectivity index (χ4v) is 5.01. The van der Waals surface area contributed by atoms with Crippen molar-refractivity contribution < 1.29 is 19.5 Å². The molecule has 2 heterocycles. The van der Waals surface area contributed by atoms with E-state index in [0.29, 0.717) is 40.7 Å². The van der Waals surface area contributed by atoms with Gasteiger partial charge >= 0.3 is 12.0 Å². The molecule has 0 unspecified atom stereocenters. The van der Waals surface area contributed by atoms with E-state index in [-0.39, 0.29) is 17.4 Å². The van der Waals surface area contributed by atoms with Crippen molar-refractivity contribution in [2.75, 3.05) is 10.6 Å². The number of carboxylic acid groups (broad SMARTS) is 1. The molecule has 0 bridgehead atoms. The Kier molecular flexibility index (Phi) is 7.06. The number of aromatic amines is 1. The summed E-state index contributed by atoms with van der Waals surface area (Å²) in [4.78, 5) is 49.0. The number of nitrogens with zero attached hydrogens (tertiary/aromatic N) is 2. The Bertz CT molecular complexity index is 1230. The van der Waals surface area contributed by atoms with Gasteiger partial charge in [0.1, 0.15) is 5.82 Å². The molecule has 0 radical (unpaired) electrons. The zero-order chi connectivity index (χ0) is 24.2. The van der Waals surface area contributed by atoms with E-state index >= 15 is 0 Å². The van der Waals surface area contributed by atoms with E-state index in [1.807, 2.05) is 19.1 Å². The molecule has 1 saturated carbocycles. The van der Waals surface area contributed by atoms with Crippen LogP contribution in [0.2, 0.25) is 0 Å². The molecule has 10 heteroatoms. The first kappa shape index (κ1) is 23.6. The van der Waals surface area contributed by atoms with E-state index in [1.165, 1.54) is 11.3 Å². The predicted octanol–water partition coefficient (Wildman–Crippen LogP) is 4.98. The van der Waals surface area contributed by atoms with Crippen LogP contribution in [0.3, 0.4) is 0 Å². The lowest BCUT2D eigenvalue weighted by molar-refractivity contribution is 0.0689. The zero-order valence-electron chi connectivity index (χ0n) is 19.1. The third-order valence-electron chi connectivity index (χ3n) is 5.93. The Morgan fingerprint density at radius 1 is 1.15 bits per heavy atom. The second-order valence-electron chi connectivity index (χ2n) is 8.57. The second-order valence-corrected chi connectivity index (χ2v) is 9.68. The van der Waals surface area contributed by atoms with Crippen LogP contribution in [0.15, 0.2) is 24.4 Å². The smallest absolute Gasteiger partial charge is 0.356 e. The van der Waals surface area contributed by atoms with Gasteiger partial charge in [-0.25, -0.2) is 19.6 Å². The minimum absolute atomic E-state index is 0.0245. The summed E-state index contributed by atoms with van der Waals surface area (Å²) in [5.41, 5.74) is 2.57. The number of aromatic nitrogens is 3. The molecule has 1 aliphatic carbocycles. The molecule has 0 aliphatic heterocycles. The number of nitrogens with one attached hydrogen (secondary N) is 3. The van der Waals surface area contributed by atoms with Crippen LogP contribution in [-0.2, 0) is 12.8 Å². The number of hydrogen-bond acceptors (Lipinski definition) is 6. The number of thiazole rings is 1. The topological polar surface area (TPSA) is 137 Å². The molecule has 2 aromatic heterocycles. The summed E-state index contributed by atoms with van der Waals surface area (Å²) < 4.78 is 0. The first-order chi connectivity index (χ1) is 16.3. The summed E-state index contributed by atoms with van der Waals surface area (Å²) in [5.74, 6) is -0.352. The van der Waals surface area contributed by atoms with Crippen molar-refractivity contribution >= 4 is 39.9 Å². The van der Waals surface area contributed by atoms with Crippen LogP contribution in [0.5, 0.6) is 0 Å². The predicted molar refractivity (Wildman–Crippen MR) is 130 cm³/mol. The molecular formula is C24H27N5O4S. The highest BCUT2D eigenvalue weighted by Crippen LogP contribution is 2.31. The van der Waals surface area contributed by atoms with Crippen LogP contribution in [-0.4, -0.2) is 37.8 Å². The van der Waals surface area contributed by atoms with Crippen LogP contribution >= 0.6 is 11.3 Å². The Hall–Kier alpha value is -3.53. The summed E-state index contributed by atoms with van der Waals surface area (Å²) in [7, 11) is 0. The van der Waals surface area contributed by atoms with E-state index in [0.717, 1.165) is 36.1 Å². The van der Waals surface area contributed by atoms with Crippen molar-refractivity contribution in [3.63, 3.8) is 0 Å². The van der Waals surface area contributed by atoms with Crippen LogP contribution in [0.25, 0.3) is 0 Å². The van der Waals surface area contributed by atoms with Gasteiger partial charge in [0.25, 0.3) is 0 Å². The molecular weight excluding hydrogens is 454 g/mol. The van der Waals surface area contributed by atoms with Gasteiger partial charge in [-0.15, -0.1) is 11.3 Å². The van der Waals surface area contributed by atoms with E-state index < -0.39 is 12.0 Å². The number of hydrogen-bond donors (Lipinski definition) is 4. The number of carbonyl (C=O) groups is 3.